The maximum absolute atomic E-state index is 12.9. The van der Waals surface area contributed by atoms with Gasteiger partial charge in [0.15, 0.2) is 9.84 Å². The van der Waals surface area contributed by atoms with Crippen LogP contribution in [0.15, 0.2) is 36.4 Å². The van der Waals surface area contributed by atoms with Crippen LogP contribution in [0.25, 0.3) is 20.2 Å². The Morgan fingerprint density at radius 3 is 2.43 bits per heavy atom. The van der Waals surface area contributed by atoms with Gasteiger partial charge in [-0.15, -0.1) is 17.3 Å². The molecule has 6 heteroatoms. The molecule has 3 aromatic rings. The highest BCUT2D eigenvalue weighted by Crippen LogP contribution is 2.49. The minimum atomic E-state index is -3.35. The predicted molar refractivity (Wildman–Crippen MR) is 116 cm³/mol. The van der Waals surface area contributed by atoms with Crippen LogP contribution in [0, 0.1) is 17.3 Å². The Morgan fingerprint density at radius 1 is 1.11 bits per heavy atom. The average Bonchev–Trinajstić information content (AvgIpc) is 3.38. The van der Waals surface area contributed by atoms with Crippen LogP contribution in [0.1, 0.15) is 37.8 Å². The van der Waals surface area contributed by atoms with Crippen LogP contribution >= 0.6 is 11.3 Å². The van der Waals surface area contributed by atoms with Crippen LogP contribution in [0.4, 0.5) is 0 Å². The summed E-state index contributed by atoms with van der Waals surface area (Å²) in [5.74, 6) is 6.21. The van der Waals surface area contributed by atoms with E-state index in [4.69, 9.17) is 5.41 Å². The summed E-state index contributed by atoms with van der Waals surface area (Å²) in [5.41, 5.74) is 1.07. The quantitative estimate of drug-likeness (QED) is 0.594. The van der Waals surface area contributed by atoms with Crippen molar-refractivity contribution >= 4 is 47.2 Å². The number of amidine groups is 1. The summed E-state index contributed by atoms with van der Waals surface area (Å²) >= 11 is 1.72. The van der Waals surface area contributed by atoms with E-state index in [-0.39, 0.29) is 11.6 Å². The minimum Gasteiger partial charge on any atom is -0.362 e. The summed E-state index contributed by atoms with van der Waals surface area (Å²) in [5, 5.41) is 13.8. The molecule has 2 heterocycles. The van der Waals surface area contributed by atoms with E-state index in [1.54, 1.807) is 11.3 Å². The number of rotatable bonds is 1. The molecule has 1 aromatic heterocycles. The molecule has 0 unspecified atom stereocenters. The van der Waals surface area contributed by atoms with E-state index < -0.39 is 20.1 Å². The fourth-order valence-electron chi connectivity index (χ4n) is 4.27. The number of fused-ring (bicyclic) bond motifs is 3. The smallest absolute Gasteiger partial charge is 0.165 e. The molecule has 1 saturated heterocycles. The van der Waals surface area contributed by atoms with Gasteiger partial charge in [-0.1, -0.05) is 12.0 Å². The number of hydrogen-bond acceptors (Lipinski definition) is 4. The van der Waals surface area contributed by atoms with E-state index in [0.29, 0.717) is 12.8 Å². The summed E-state index contributed by atoms with van der Waals surface area (Å²) in [6, 6.07) is 12.4. The lowest BCUT2D eigenvalue weighted by molar-refractivity contribution is 0.454. The first-order valence-corrected chi connectivity index (χ1v) is 11.7. The fourth-order valence-corrected chi connectivity index (χ4v) is 7.70. The normalized spacial score (nSPS) is 24.7. The van der Waals surface area contributed by atoms with Crippen molar-refractivity contribution in [2.45, 2.75) is 37.0 Å². The molecule has 0 amide bonds. The molecule has 2 N–H and O–H groups in total. The molecule has 142 valence electrons. The van der Waals surface area contributed by atoms with E-state index in [9.17, 15) is 8.42 Å². The number of hydrogen-bond donors (Lipinski definition) is 2. The molecular formula is C22H20N2O2S2. The van der Waals surface area contributed by atoms with E-state index in [2.05, 4.69) is 41.4 Å². The second-order valence-electron chi connectivity index (χ2n) is 7.98. The van der Waals surface area contributed by atoms with Crippen molar-refractivity contribution in [3.05, 3.63) is 47.5 Å². The number of thiophene rings is 1. The van der Waals surface area contributed by atoms with Crippen LogP contribution in [-0.4, -0.2) is 24.8 Å². The van der Waals surface area contributed by atoms with Crippen LogP contribution < -0.4 is 5.32 Å². The van der Waals surface area contributed by atoms with Gasteiger partial charge in [0.25, 0.3) is 0 Å². The maximum Gasteiger partial charge on any atom is 0.165 e. The summed E-state index contributed by atoms with van der Waals surface area (Å²) in [7, 11) is -3.35. The zero-order valence-electron chi connectivity index (χ0n) is 15.7. The number of benzene rings is 2. The first kappa shape index (κ1) is 17.7. The lowest BCUT2D eigenvalue weighted by Crippen LogP contribution is -2.60. The molecule has 1 atom stereocenters. The van der Waals surface area contributed by atoms with Gasteiger partial charge in [0.1, 0.15) is 10.6 Å². The third kappa shape index (κ3) is 2.36. The van der Waals surface area contributed by atoms with Gasteiger partial charge in [0.2, 0.25) is 0 Å². The topological polar surface area (TPSA) is 70.0 Å². The Hall–Kier alpha value is -2.36. The van der Waals surface area contributed by atoms with Crippen molar-refractivity contribution in [3.8, 4) is 11.8 Å². The summed E-state index contributed by atoms with van der Waals surface area (Å²) in [6.07, 6.45) is 1.12. The Morgan fingerprint density at radius 2 is 1.79 bits per heavy atom. The largest absolute Gasteiger partial charge is 0.362 e. The monoisotopic (exact) mass is 408 g/mol. The molecule has 1 aliphatic carbocycles. The third-order valence-corrected chi connectivity index (χ3v) is 9.92. The molecule has 5 rings (SSSR count). The fraction of sp³-hybridized carbons (Fsp3) is 0.318. The van der Waals surface area contributed by atoms with Gasteiger partial charge < -0.3 is 5.32 Å². The Kier molecular flexibility index (Phi) is 3.54. The highest BCUT2D eigenvalue weighted by atomic mass is 32.2. The summed E-state index contributed by atoms with van der Waals surface area (Å²) < 4.78 is 27.2. The predicted octanol–water partition coefficient (Wildman–Crippen LogP) is 4.17. The van der Waals surface area contributed by atoms with Crippen molar-refractivity contribution in [1.82, 2.24) is 5.32 Å². The van der Waals surface area contributed by atoms with Crippen LogP contribution in [0.5, 0.6) is 0 Å². The SMILES string of the molecule is CC#Cc1ccc2sc3ccc([C@]4(C)CS(=O)(=O)C5(CC5)C(=N)N4)cc3c2c1. The maximum atomic E-state index is 12.9. The lowest BCUT2D eigenvalue weighted by atomic mass is 9.91. The van der Waals surface area contributed by atoms with Gasteiger partial charge in [-0.3, -0.25) is 5.41 Å². The second kappa shape index (κ2) is 5.59. The van der Waals surface area contributed by atoms with Crippen molar-refractivity contribution in [2.75, 3.05) is 5.75 Å². The molecule has 28 heavy (non-hydrogen) atoms. The number of sulfone groups is 1. The van der Waals surface area contributed by atoms with E-state index >= 15 is 0 Å². The summed E-state index contributed by atoms with van der Waals surface area (Å²) in [6.45, 7) is 3.71. The van der Waals surface area contributed by atoms with Gasteiger partial charge >= 0.3 is 0 Å². The van der Waals surface area contributed by atoms with Gasteiger partial charge in [-0.05, 0) is 62.6 Å². The molecule has 0 bridgehead atoms. The number of nitrogens with one attached hydrogen (secondary N) is 2. The first-order chi connectivity index (χ1) is 13.3. The molecule has 2 fully saturated rings. The molecule has 1 saturated carbocycles. The van der Waals surface area contributed by atoms with Gasteiger partial charge in [0, 0.05) is 25.7 Å². The van der Waals surface area contributed by atoms with E-state index in [1.807, 2.05) is 26.0 Å². The van der Waals surface area contributed by atoms with Crippen molar-refractivity contribution in [2.24, 2.45) is 0 Å². The highest BCUT2D eigenvalue weighted by molar-refractivity contribution is 7.94. The zero-order chi connectivity index (χ0) is 19.7. The van der Waals surface area contributed by atoms with Gasteiger partial charge in [-0.2, -0.15) is 0 Å². The van der Waals surface area contributed by atoms with Crippen LogP contribution in [-0.2, 0) is 15.4 Å². The third-order valence-electron chi connectivity index (χ3n) is 6.01. The summed E-state index contributed by atoms with van der Waals surface area (Å²) in [4.78, 5) is 0. The zero-order valence-corrected chi connectivity index (χ0v) is 17.4. The van der Waals surface area contributed by atoms with Gasteiger partial charge in [0.05, 0.1) is 11.3 Å². The Balaban J connectivity index is 1.66. The Bertz CT molecular complexity index is 1340. The van der Waals surface area contributed by atoms with Crippen LogP contribution in [0.3, 0.4) is 0 Å². The van der Waals surface area contributed by atoms with E-state index in [1.165, 1.54) is 4.70 Å². The standard InChI is InChI=1S/C22H20N2O2S2/c1-3-4-14-5-7-18-16(11-14)17-12-15(6-8-19(17)27-18)21(2)13-28(25,26)22(9-10-22)20(23)24-21/h5-8,11-12H,9-10,13H2,1-2H3,(H2,23,24)/t21-/m0/s1. The van der Waals surface area contributed by atoms with Crippen molar-refractivity contribution in [1.29, 1.82) is 5.41 Å². The van der Waals surface area contributed by atoms with Gasteiger partial charge in [-0.25, -0.2) is 8.42 Å². The van der Waals surface area contributed by atoms with E-state index in [0.717, 1.165) is 26.6 Å². The van der Waals surface area contributed by atoms with Crippen molar-refractivity contribution in [3.63, 3.8) is 0 Å². The average molecular weight is 409 g/mol. The lowest BCUT2D eigenvalue weighted by Gasteiger charge is -2.40. The minimum absolute atomic E-state index is 0.0164. The van der Waals surface area contributed by atoms with Crippen molar-refractivity contribution < 1.29 is 8.42 Å². The molecule has 4 nitrogen and oxygen atoms in total. The molecule has 2 aliphatic rings. The molecule has 0 radical (unpaired) electrons. The molecular weight excluding hydrogens is 388 g/mol. The second-order valence-corrected chi connectivity index (χ2v) is 11.4. The molecule has 1 spiro atoms. The first-order valence-electron chi connectivity index (χ1n) is 9.27. The molecule has 2 aromatic carbocycles. The van der Waals surface area contributed by atoms with Crippen LogP contribution in [0.2, 0.25) is 0 Å². The highest BCUT2D eigenvalue weighted by Gasteiger charge is 2.63. The Labute approximate surface area is 168 Å². The molecule has 1 aliphatic heterocycles.